The number of carbonyl (C=O) groups excluding carboxylic acids is 1. The van der Waals surface area contributed by atoms with Gasteiger partial charge in [0.05, 0.1) is 17.6 Å². The Hall–Kier alpha value is -2.36. The lowest BCUT2D eigenvalue weighted by atomic mass is 10.1. The third kappa shape index (κ3) is 3.07. The fraction of sp³-hybridized carbons (Fsp3) is 0.375. The van der Waals surface area contributed by atoms with E-state index in [1.165, 1.54) is 6.08 Å². The van der Waals surface area contributed by atoms with Gasteiger partial charge in [0.15, 0.2) is 23.3 Å². The molecule has 1 aliphatic carbocycles. The van der Waals surface area contributed by atoms with Gasteiger partial charge in [-0.15, -0.1) is 0 Å². The Morgan fingerprint density at radius 1 is 1.30 bits per heavy atom. The molecule has 0 radical (unpaired) electrons. The van der Waals surface area contributed by atoms with Crippen molar-refractivity contribution in [1.29, 1.82) is 5.26 Å². The predicted octanol–water partition coefficient (Wildman–Crippen LogP) is 3.64. The summed E-state index contributed by atoms with van der Waals surface area (Å²) in [6.45, 7) is 2.63. The molecule has 0 bridgehead atoms. The third-order valence-electron chi connectivity index (χ3n) is 4.10. The minimum absolute atomic E-state index is 0.0860. The molecule has 1 aromatic carbocycles. The molecule has 0 amide bonds. The number of nitriles is 1. The molecule has 1 aromatic rings. The highest BCUT2D eigenvalue weighted by molar-refractivity contribution is 5.78. The van der Waals surface area contributed by atoms with E-state index in [1.54, 1.807) is 26.0 Å². The monoisotopic (exact) mass is 327 g/mol. The highest BCUT2D eigenvalue weighted by Crippen LogP contribution is 2.59. The number of carbonyl (C=O) groups is 1. The van der Waals surface area contributed by atoms with Crippen molar-refractivity contribution in [2.24, 2.45) is 17.3 Å². The molecule has 2 rings (SSSR count). The molecule has 3 nitrogen and oxygen atoms in total. The molecule has 0 N–H and O–H groups in total. The van der Waals surface area contributed by atoms with Crippen molar-refractivity contribution < 1.29 is 27.1 Å². The van der Waals surface area contributed by atoms with Crippen LogP contribution >= 0.6 is 0 Å². The van der Waals surface area contributed by atoms with E-state index >= 15 is 0 Å². The van der Waals surface area contributed by atoms with Gasteiger partial charge in [0.2, 0.25) is 0 Å². The molecule has 0 saturated heterocycles. The molecule has 23 heavy (non-hydrogen) atoms. The SMILES string of the molecule is CC1(C)C(C=CC#N)C1C(=O)OCc1c(F)c(F)cc(F)c1F. The van der Waals surface area contributed by atoms with E-state index in [-0.39, 0.29) is 12.0 Å². The highest BCUT2D eigenvalue weighted by atomic mass is 19.2. The van der Waals surface area contributed by atoms with Crippen LogP contribution < -0.4 is 0 Å². The summed E-state index contributed by atoms with van der Waals surface area (Å²) in [6, 6.07) is 1.89. The summed E-state index contributed by atoms with van der Waals surface area (Å²) in [4.78, 5) is 12.0. The largest absolute Gasteiger partial charge is 0.460 e. The van der Waals surface area contributed by atoms with Crippen LogP contribution in [0, 0.1) is 51.9 Å². The van der Waals surface area contributed by atoms with E-state index in [0.29, 0.717) is 0 Å². The average molecular weight is 327 g/mol. The zero-order chi connectivity index (χ0) is 17.4. The van der Waals surface area contributed by atoms with Gasteiger partial charge >= 0.3 is 5.97 Å². The maximum absolute atomic E-state index is 13.5. The highest BCUT2D eigenvalue weighted by Gasteiger charge is 2.61. The topological polar surface area (TPSA) is 50.1 Å². The average Bonchev–Trinajstić information content (AvgIpc) is 3.04. The van der Waals surface area contributed by atoms with Gasteiger partial charge in [-0.05, 0) is 11.3 Å². The number of ether oxygens (including phenoxy) is 1. The first-order valence-electron chi connectivity index (χ1n) is 6.76. The summed E-state index contributed by atoms with van der Waals surface area (Å²) in [5, 5.41) is 8.50. The standard InChI is InChI=1S/C16H13F4NO2/c1-16(2)9(4-3-5-21)12(16)15(22)23-7-8-13(19)10(17)6-11(18)14(8)20/h3-4,6,9,12H,7H2,1-2H3. The minimum atomic E-state index is -1.59. The first-order chi connectivity index (χ1) is 10.7. The number of hydrogen-bond donors (Lipinski definition) is 0. The van der Waals surface area contributed by atoms with E-state index in [2.05, 4.69) is 0 Å². The van der Waals surface area contributed by atoms with Gasteiger partial charge < -0.3 is 4.74 Å². The lowest BCUT2D eigenvalue weighted by molar-refractivity contribution is -0.147. The first kappa shape index (κ1) is 17.0. The summed E-state index contributed by atoms with van der Waals surface area (Å²) in [6.07, 6.45) is 2.79. The second-order valence-corrected chi connectivity index (χ2v) is 5.87. The smallest absolute Gasteiger partial charge is 0.310 e. The van der Waals surface area contributed by atoms with Gasteiger partial charge in [0.25, 0.3) is 0 Å². The molecule has 0 aliphatic heterocycles. The van der Waals surface area contributed by atoms with Gasteiger partial charge in [-0.25, -0.2) is 17.6 Å². The molecule has 0 heterocycles. The Morgan fingerprint density at radius 3 is 2.39 bits per heavy atom. The van der Waals surface area contributed by atoms with Gasteiger partial charge in [-0.3, -0.25) is 4.79 Å². The van der Waals surface area contributed by atoms with Crippen LogP contribution in [0.25, 0.3) is 0 Å². The number of nitrogens with zero attached hydrogens (tertiary/aromatic N) is 1. The van der Waals surface area contributed by atoms with E-state index < -0.39 is 52.7 Å². The number of rotatable bonds is 4. The van der Waals surface area contributed by atoms with Crippen LogP contribution in [0.15, 0.2) is 18.2 Å². The van der Waals surface area contributed by atoms with Gasteiger partial charge in [0, 0.05) is 12.1 Å². The zero-order valence-corrected chi connectivity index (χ0v) is 12.4. The summed E-state index contributed by atoms with van der Waals surface area (Å²) < 4.78 is 57.9. The minimum Gasteiger partial charge on any atom is -0.460 e. The second-order valence-electron chi connectivity index (χ2n) is 5.87. The van der Waals surface area contributed by atoms with Crippen molar-refractivity contribution >= 4 is 5.97 Å². The van der Waals surface area contributed by atoms with Crippen molar-refractivity contribution in [3.63, 3.8) is 0 Å². The quantitative estimate of drug-likeness (QED) is 0.367. The van der Waals surface area contributed by atoms with Crippen molar-refractivity contribution in [2.45, 2.75) is 20.5 Å². The Kier molecular flexibility index (Phi) is 4.46. The fourth-order valence-corrected chi connectivity index (χ4v) is 2.62. The number of benzene rings is 1. The molecule has 122 valence electrons. The molecule has 7 heteroatoms. The van der Waals surface area contributed by atoms with Crippen molar-refractivity contribution in [3.8, 4) is 6.07 Å². The molecule has 2 unspecified atom stereocenters. The maximum Gasteiger partial charge on any atom is 0.310 e. The lowest BCUT2D eigenvalue weighted by Gasteiger charge is -2.09. The van der Waals surface area contributed by atoms with Crippen LogP contribution in [0.4, 0.5) is 17.6 Å². The second kappa shape index (κ2) is 6.03. The third-order valence-corrected chi connectivity index (χ3v) is 4.10. The molecule has 1 aliphatic rings. The lowest BCUT2D eigenvalue weighted by Crippen LogP contribution is -2.13. The van der Waals surface area contributed by atoms with Crippen LogP contribution in [0.5, 0.6) is 0 Å². The Morgan fingerprint density at radius 2 is 1.87 bits per heavy atom. The Labute approximate surface area is 130 Å². The van der Waals surface area contributed by atoms with Crippen molar-refractivity contribution in [1.82, 2.24) is 0 Å². The molecule has 0 aromatic heterocycles. The molecule has 2 atom stereocenters. The Bertz CT molecular complexity index is 696. The summed E-state index contributed by atoms with van der Waals surface area (Å²) in [7, 11) is 0. The summed E-state index contributed by atoms with van der Waals surface area (Å²) in [5.41, 5.74) is -1.44. The van der Waals surface area contributed by atoms with Gasteiger partial charge in [-0.2, -0.15) is 5.26 Å². The van der Waals surface area contributed by atoms with Crippen molar-refractivity contribution in [3.05, 3.63) is 47.1 Å². The van der Waals surface area contributed by atoms with E-state index in [9.17, 15) is 22.4 Å². The van der Waals surface area contributed by atoms with Crippen LogP contribution in [0.2, 0.25) is 0 Å². The molecule has 1 saturated carbocycles. The molecule has 1 fully saturated rings. The number of hydrogen-bond acceptors (Lipinski definition) is 3. The van der Waals surface area contributed by atoms with Crippen LogP contribution in [-0.2, 0) is 16.1 Å². The Balaban J connectivity index is 2.10. The van der Waals surface area contributed by atoms with Gasteiger partial charge in [0.1, 0.15) is 6.61 Å². The van der Waals surface area contributed by atoms with E-state index in [4.69, 9.17) is 10.00 Å². The molecule has 0 spiro atoms. The summed E-state index contributed by atoms with van der Waals surface area (Å²) in [5.74, 6) is -7.87. The molecular weight excluding hydrogens is 314 g/mol. The fourth-order valence-electron chi connectivity index (χ4n) is 2.62. The number of allylic oxidation sites excluding steroid dienone is 2. The summed E-state index contributed by atoms with van der Waals surface area (Å²) >= 11 is 0. The van der Waals surface area contributed by atoms with Crippen LogP contribution in [0.3, 0.4) is 0 Å². The number of esters is 1. The number of halogens is 4. The van der Waals surface area contributed by atoms with Gasteiger partial charge in [-0.1, -0.05) is 19.9 Å². The maximum atomic E-state index is 13.5. The normalized spacial score (nSPS) is 22.0. The van der Waals surface area contributed by atoms with Crippen molar-refractivity contribution in [2.75, 3.05) is 0 Å². The zero-order valence-electron chi connectivity index (χ0n) is 12.4. The van der Waals surface area contributed by atoms with E-state index in [0.717, 1.165) is 0 Å². The molecular formula is C16H13F4NO2. The predicted molar refractivity (Wildman–Crippen MR) is 71.6 cm³/mol. The van der Waals surface area contributed by atoms with Crippen LogP contribution in [-0.4, -0.2) is 5.97 Å². The van der Waals surface area contributed by atoms with Crippen LogP contribution in [0.1, 0.15) is 19.4 Å². The first-order valence-corrected chi connectivity index (χ1v) is 6.76. The van der Waals surface area contributed by atoms with E-state index in [1.807, 2.05) is 0 Å².